The molecule has 0 spiro atoms. The number of aliphatic imine (C=N–C) groups is 1. The lowest BCUT2D eigenvalue weighted by Crippen LogP contribution is -2.68. The molecule has 0 aromatic heterocycles. The Hall–Kier alpha value is -3.83. The van der Waals surface area contributed by atoms with Gasteiger partial charge in [0.25, 0.3) is 0 Å². The van der Waals surface area contributed by atoms with Crippen LogP contribution in [0.25, 0.3) is 0 Å². The maximum absolute atomic E-state index is 12.6. The van der Waals surface area contributed by atoms with Gasteiger partial charge in [0.2, 0.25) is 5.91 Å². The number of allylic oxidation sites excluding steroid dienone is 3. The van der Waals surface area contributed by atoms with Crippen LogP contribution in [0.1, 0.15) is 31.9 Å². The minimum Gasteiger partial charge on any atom is -0.480 e. The largest absolute Gasteiger partial charge is 0.573 e. The monoisotopic (exact) mass is 468 g/mol. The highest BCUT2D eigenvalue weighted by Gasteiger charge is 2.54. The molecule has 3 atom stereocenters. The number of aliphatic carboxylic acids is 1. The Morgan fingerprint density at radius 3 is 2.45 bits per heavy atom. The van der Waals surface area contributed by atoms with E-state index in [0.29, 0.717) is 16.0 Å². The third-order valence-electron chi connectivity index (χ3n) is 4.98. The Morgan fingerprint density at radius 1 is 1.36 bits per heavy atom. The number of carbonyl (C=O) groups is 3. The zero-order valence-corrected chi connectivity index (χ0v) is 17.8. The fraction of sp³-hybridized carbons (Fsp3) is 0.333. The van der Waals surface area contributed by atoms with Gasteiger partial charge in [0.05, 0.1) is 12.0 Å². The minimum absolute atomic E-state index is 0.0303. The summed E-state index contributed by atoms with van der Waals surface area (Å²) in [6, 6.07) is 1.71. The van der Waals surface area contributed by atoms with E-state index < -0.39 is 48.0 Å². The fourth-order valence-electron chi connectivity index (χ4n) is 3.30. The zero-order valence-electron chi connectivity index (χ0n) is 17.8. The molecule has 1 heterocycles. The van der Waals surface area contributed by atoms with E-state index in [9.17, 15) is 32.7 Å². The van der Waals surface area contributed by atoms with Crippen molar-refractivity contribution in [3.8, 4) is 5.75 Å². The standard InChI is InChI=1S/C21H23F3N4O5/c1-4-12(10-16(25)26-3)9-15-17(19(30)31)28(18(15)29)20(32)27-11(2)13-5-7-14(8-6-13)33-21(22,23)24/h4-8,10-11,15,17H,3,9,25H2,1-2H3,(H,27,32)(H,30,31)/b12-4-,16-10-/t11?,15-,17+/m1/s1. The number of imide groups is 1. The number of carbonyl (C=O) groups excluding carboxylic acids is 2. The first-order chi connectivity index (χ1) is 15.4. The van der Waals surface area contributed by atoms with Crippen LogP contribution in [-0.2, 0) is 9.59 Å². The van der Waals surface area contributed by atoms with E-state index in [1.165, 1.54) is 25.1 Å². The van der Waals surface area contributed by atoms with Crippen LogP contribution in [-0.4, -0.2) is 47.0 Å². The summed E-state index contributed by atoms with van der Waals surface area (Å²) in [5.41, 5.74) is 6.56. The number of nitrogens with two attached hydrogens (primary N) is 1. The van der Waals surface area contributed by atoms with Crippen LogP contribution < -0.4 is 15.8 Å². The third kappa shape index (κ3) is 6.34. The Balaban J connectivity index is 2.09. The Morgan fingerprint density at radius 2 is 1.97 bits per heavy atom. The average Bonchev–Trinajstić information content (AvgIpc) is 2.73. The van der Waals surface area contributed by atoms with E-state index in [0.717, 1.165) is 12.1 Å². The number of halogens is 3. The molecule has 9 nitrogen and oxygen atoms in total. The number of benzene rings is 1. The van der Waals surface area contributed by atoms with Gasteiger partial charge in [0, 0.05) is 0 Å². The SMILES string of the molecule is C=N/C(N)=C\C(=C/C)C[C@H]1C(=O)N(C(=O)NC(C)c2ccc(OC(F)(F)F)cc2)[C@@H]1C(=O)O. The number of rotatable bonds is 8. The number of carboxylic acid groups (broad SMARTS) is 1. The molecule has 3 amide bonds. The number of β-lactam (4-membered cyclic amide) rings is 1. The number of carboxylic acids is 1. The molecule has 0 bridgehead atoms. The van der Waals surface area contributed by atoms with Crippen LogP contribution >= 0.6 is 0 Å². The Bertz CT molecular complexity index is 989. The number of urea groups is 1. The topological polar surface area (TPSA) is 134 Å². The van der Waals surface area contributed by atoms with Crippen molar-refractivity contribution < 1.29 is 37.4 Å². The van der Waals surface area contributed by atoms with E-state index in [-0.39, 0.29) is 12.2 Å². The number of nitrogens with zero attached hydrogens (tertiary/aromatic N) is 2. The smallest absolute Gasteiger partial charge is 0.480 e. The molecule has 1 aromatic carbocycles. The first kappa shape index (κ1) is 25.4. The molecule has 12 heteroatoms. The highest BCUT2D eigenvalue weighted by atomic mass is 19.4. The minimum atomic E-state index is -4.84. The van der Waals surface area contributed by atoms with E-state index in [2.05, 4.69) is 21.8 Å². The summed E-state index contributed by atoms with van der Waals surface area (Å²) >= 11 is 0. The van der Waals surface area contributed by atoms with Gasteiger partial charge in [-0.1, -0.05) is 18.2 Å². The summed E-state index contributed by atoms with van der Waals surface area (Å²) in [5.74, 6) is -3.36. The van der Waals surface area contributed by atoms with Gasteiger partial charge in [-0.25, -0.2) is 19.5 Å². The van der Waals surface area contributed by atoms with Gasteiger partial charge in [0.1, 0.15) is 11.6 Å². The lowest BCUT2D eigenvalue weighted by atomic mass is 9.82. The van der Waals surface area contributed by atoms with E-state index in [1.54, 1.807) is 13.0 Å². The van der Waals surface area contributed by atoms with Crippen molar-refractivity contribution in [2.24, 2.45) is 16.6 Å². The van der Waals surface area contributed by atoms with Gasteiger partial charge in [-0.05, 0) is 56.3 Å². The normalized spacial score (nSPS) is 20.0. The lowest BCUT2D eigenvalue weighted by Gasteiger charge is -2.43. The quantitative estimate of drug-likeness (QED) is 0.305. The molecule has 1 aliphatic rings. The number of hydrogen-bond acceptors (Lipinski definition) is 6. The highest BCUT2D eigenvalue weighted by molar-refractivity contribution is 6.07. The molecule has 4 N–H and O–H groups in total. The molecule has 178 valence electrons. The molecule has 1 fully saturated rings. The van der Waals surface area contributed by atoms with E-state index in [4.69, 9.17) is 5.73 Å². The third-order valence-corrected chi connectivity index (χ3v) is 4.98. The first-order valence-electron chi connectivity index (χ1n) is 9.69. The molecular weight excluding hydrogens is 445 g/mol. The predicted molar refractivity (Wildman–Crippen MR) is 112 cm³/mol. The molecule has 1 aliphatic heterocycles. The maximum atomic E-state index is 12.6. The molecule has 1 saturated heterocycles. The number of ether oxygens (including phenoxy) is 1. The second kappa shape index (κ2) is 10.2. The van der Waals surface area contributed by atoms with Crippen molar-refractivity contribution in [1.29, 1.82) is 0 Å². The summed E-state index contributed by atoms with van der Waals surface area (Å²) in [6.07, 6.45) is -1.71. The van der Waals surface area contributed by atoms with Crippen molar-refractivity contribution in [2.75, 3.05) is 0 Å². The molecule has 2 rings (SSSR count). The first-order valence-corrected chi connectivity index (χ1v) is 9.69. The van der Waals surface area contributed by atoms with Gasteiger partial charge in [0.15, 0.2) is 6.04 Å². The highest BCUT2D eigenvalue weighted by Crippen LogP contribution is 2.33. The second-order valence-corrected chi connectivity index (χ2v) is 7.18. The number of alkyl halides is 3. The number of amides is 3. The number of hydrogen-bond donors (Lipinski definition) is 3. The molecule has 0 radical (unpaired) electrons. The summed E-state index contributed by atoms with van der Waals surface area (Å²) in [7, 11) is 0. The molecule has 33 heavy (non-hydrogen) atoms. The van der Waals surface area contributed by atoms with Crippen LogP contribution in [0, 0.1) is 5.92 Å². The summed E-state index contributed by atoms with van der Waals surface area (Å²) in [5, 5.41) is 12.0. The maximum Gasteiger partial charge on any atom is 0.573 e. The Kier molecular flexibility index (Phi) is 7.85. The van der Waals surface area contributed by atoms with Crippen LogP contribution in [0.15, 0.2) is 52.8 Å². The van der Waals surface area contributed by atoms with Crippen molar-refractivity contribution in [1.82, 2.24) is 10.2 Å². The Labute approximate surface area is 187 Å². The van der Waals surface area contributed by atoms with E-state index >= 15 is 0 Å². The molecular formula is C21H23F3N4O5. The van der Waals surface area contributed by atoms with Crippen molar-refractivity contribution in [3.63, 3.8) is 0 Å². The number of nitrogens with one attached hydrogen (secondary N) is 1. The average molecular weight is 468 g/mol. The van der Waals surface area contributed by atoms with Crippen molar-refractivity contribution in [3.05, 3.63) is 53.4 Å². The lowest BCUT2D eigenvalue weighted by molar-refractivity contribution is -0.274. The van der Waals surface area contributed by atoms with Crippen LogP contribution in [0.3, 0.4) is 0 Å². The summed E-state index contributed by atoms with van der Waals surface area (Å²) in [6.45, 7) is 6.49. The molecule has 0 aliphatic carbocycles. The van der Waals surface area contributed by atoms with Crippen molar-refractivity contribution >= 4 is 24.6 Å². The van der Waals surface area contributed by atoms with Gasteiger partial charge in [-0.3, -0.25) is 4.79 Å². The zero-order chi connectivity index (χ0) is 24.9. The van der Waals surface area contributed by atoms with E-state index in [1.807, 2.05) is 0 Å². The summed E-state index contributed by atoms with van der Waals surface area (Å²) in [4.78, 5) is 41.1. The summed E-state index contributed by atoms with van der Waals surface area (Å²) < 4.78 is 40.6. The van der Waals surface area contributed by atoms with Gasteiger partial charge in [-0.2, -0.15) is 0 Å². The van der Waals surface area contributed by atoms with Gasteiger partial charge >= 0.3 is 18.4 Å². The molecule has 0 saturated carbocycles. The van der Waals surface area contributed by atoms with Crippen LogP contribution in [0.4, 0.5) is 18.0 Å². The van der Waals surface area contributed by atoms with Crippen molar-refractivity contribution in [2.45, 2.75) is 38.7 Å². The van der Waals surface area contributed by atoms with Gasteiger partial charge in [-0.15, -0.1) is 13.2 Å². The fourth-order valence-corrected chi connectivity index (χ4v) is 3.30. The van der Waals surface area contributed by atoms with Gasteiger partial charge < -0.3 is 20.9 Å². The van der Waals surface area contributed by atoms with Crippen LogP contribution in [0.5, 0.6) is 5.75 Å². The number of likely N-dealkylation sites (tertiary alicyclic amines) is 1. The second-order valence-electron chi connectivity index (χ2n) is 7.18. The molecule has 1 aromatic rings. The molecule has 1 unspecified atom stereocenters. The predicted octanol–water partition coefficient (Wildman–Crippen LogP) is 3.10. The van der Waals surface area contributed by atoms with Crippen LogP contribution in [0.2, 0.25) is 0 Å².